The maximum atomic E-state index is 11.4. The Morgan fingerprint density at radius 2 is 1.94 bits per heavy atom. The van der Waals surface area contributed by atoms with Crippen molar-refractivity contribution in [2.45, 2.75) is 24.7 Å². The van der Waals surface area contributed by atoms with E-state index in [1.165, 1.54) is 11.8 Å². The molecule has 1 aromatic carbocycles. The number of aromatic nitrogens is 2. The molecule has 2 aromatic rings. The fourth-order valence-corrected chi connectivity index (χ4v) is 2.47. The van der Waals surface area contributed by atoms with Gasteiger partial charge in [-0.2, -0.15) is 5.10 Å². The first kappa shape index (κ1) is 12.8. The summed E-state index contributed by atoms with van der Waals surface area (Å²) >= 11 is 0. The third kappa shape index (κ3) is 2.60. The summed E-state index contributed by atoms with van der Waals surface area (Å²) in [7, 11) is -3.75. The Labute approximate surface area is 106 Å². The van der Waals surface area contributed by atoms with Gasteiger partial charge in [0.1, 0.15) is 4.90 Å². The number of H-pyrrole nitrogens is 1. The smallest absolute Gasteiger partial charge is 0.241 e. The van der Waals surface area contributed by atoms with Gasteiger partial charge in [-0.05, 0) is 12.0 Å². The zero-order valence-corrected chi connectivity index (χ0v) is 10.9. The van der Waals surface area contributed by atoms with E-state index in [4.69, 9.17) is 5.14 Å². The van der Waals surface area contributed by atoms with Crippen LogP contribution in [0.25, 0.3) is 11.3 Å². The summed E-state index contributed by atoms with van der Waals surface area (Å²) in [6.45, 7) is 2.11. The van der Waals surface area contributed by atoms with Crippen LogP contribution in [0.2, 0.25) is 0 Å². The summed E-state index contributed by atoms with van der Waals surface area (Å²) < 4.78 is 22.8. The van der Waals surface area contributed by atoms with Crippen LogP contribution < -0.4 is 5.14 Å². The van der Waals surface area contributed by atoms with Crippen LogP contribution in [0.4, 0.5) is 0 Å². The molecule has 0 saturated carbocycles. The lowest BCUT2D eigenvalue weighted by Crippen LogP contribution is -2.12. The first-order valence-electron chi connectivity index (χ1n) is 5.68. The number of primary sulfonamides is 1. The SMILES string of the molecule is CCCc1ccc(-c2[nH]ncc2S(N)(=O)=O)cc1. The molecule has 96 valence electrons. The number of hydrogen-bond donors (Lipinski definition) is 2. The van der Waals surface area contributed by atoms with Gasteiger partial charge >= 0.3 is 0 Å². The molecule has 0 aliphatic carbocycles. The van der Waals surface area contributed by atoms with Gasteiger partial charge in [0.05, 0.1) is 11.9 Å². The number of benzene rings is 1. The molecule has 0 bridgehead atoms. The van der Waals surface area contributed by atoms with Crippen LogP contribution in [0.15, 0.2) is 35.4 Å². The quantitative estimate of drug-likeness (QED) is 0.881. The van der Waals surface area contributed by atoms with Crippen molar-refractivity contribution < 1.29 is 8.42 Å². The molecule has 0 atom stereocenters. The second-order valence-corrected chi connectivity index (χ2v) is 5.63. The zero-order chi connectivity index (χ0) is 13.2. The Balaban J connectivity index is 2.41. The molecule has 0 unspecified atom stereocenters. The molecule has 0 amide bonds. The number of rotatable bonds is 4. The van der Waals surface area contributed by atoms with Crippen LogP contribution in [-0.2, 0) is 16.4 Å². The second kappa shape index (κ2) is 4.91. The molecule has 1 heterocycles. The maximum Gasteiger partial charge on any atom is 0.241 e. The number of sulfonamides is 1. The minimum Gasteiger partial charge on any atom is -0.276 e. The van der Waals surface area contributed by atoms with Crippen molar-refractivity contribution in [2.75, 3.05) is 0 Å². The summed E-state index contributed by atoms with van der Waals surface area (Å²) in [5.41, 5.74) is 2.41. The molecule has 0 spiro atoms. The highest BCUT2D eigenvalue weighted by Gasteiger charge is 2.17. The zero-order valence-electron chi connectivity index (χ0n) is 10.1. The Kier molecular flexibility index (Phi) is 3.49. The molecular formula is C12H15N3O2S. The summed E-state index contributed by atoms with van der Waals surface area (Å²) in [5, 5.41) is 11.5. The lowest BCUT2D eigenvalue weighted by Gasteiger charge is -2.03. The molecule has 1 aromatic heterocycles. The van der Waals surface area contributed by atoms with E-state index >= 15 is 0 Å². The maximum absolute atomic E-state index is 11.4. The number of nitrogens with one attached hydrogen (secondary N) is 1. The number of aryl methyl sites for hydroxylation is 1. The van der Waals surface area contributed by atoms with E-state index in [0.717, 1.165) is 18.4 Å². The van der Waals surface area contributed by atoms with Gasteiger partial charge in [-0.3, -0.25) is 5.10 Å². The normalized spacial score (nSPS) is 11.7. The standard InChI is InChI=1S/C12H15N3O2S/c1-2-3-9-4-6-10(7-5-9)12-11(8-14-15-12)18(13,16)17/h4-8H,2-3H2,1H3,(H,14,15)(H2,13,16,17). The number of nitrogens with zero attached hydrogens (tertiary/aromatic N) is 1. The second-order valence-electron chi connectivity index (χ2n) is 4.10. The monoisotopic (exact) mass is 265 g/mol. The van der Waals surface area contributed by atoms with E-state index in [2.05, 4.69) is 17.1 Å². The number of aromatic amines is 1. The van der Waals surface area contributed by atoms with Crippen LogP contribution >= 0.6 is 0 Å². The van der Waals surface area contributed by atoms with Crippen molar-refractivity contribution in [3.8, 4) is 11.3 Å². The lowest BCUT2D eigenvalue weighted by atomic mass is 10.1. The molecule has 5 nitrogen and oxygen atoms in total. The third-order valence-electron chi connectivity index (χ3n) is 2.69. The van der Waals surface area contributed by atoms with Crippen molar-refractivity contribution in [1.82, 2.24) is 10.2 Å². The minimum atomic E-state index is -3.75. The van der Waals surface area contributed by atoms with E-state index in [-0.39, 0.29) is 4.90 Å². The van der Waals surface area contributed by atoms with Crippen LogP contribution in [0, 0.1) is 0 Å². The highest BCUT2D eigenvalue weighted by molar-refractivity contribution is 7.89. The van der Waals surface area contributed by atoms with Crippen LogP contribution in [-0.4, -0.2) is 18.6 Å². The van der Waals surface area contributed by atoms with E-state index in [1.807, 2.05) is 24.3 Å². The van der Waals surface area contributed by atoms with E-state index in [9.17, 15) is 8.42 Å². The first-order chi connectivity index (χ1) is 8.52. The van der Waals surface area contributed by atoms with Gasteiger partial charge < -0.3 is 0 Å². The predicted octanol–water partition coefficient (Wildman–Crippen LogP) is 1.68. The summed E-state index contributed by atoms with van der Waals surface area (Å²) in [5.74, 6) is 0. The van der Waals surface area contributed by atoms with Gasteiger partial charge in [-0.25, -0.2) is 13.6 Å². The Morgan fingerprint density at radius 1 is 1.28 bits per heavy atom. The highest BCUT2D eigenvalue weighted by atomic mass is 32.2. The van der Waals surface area contributed by atoms with Crippen LogP contribution in [0.3, 0.4) is 0 Å². The van der Waals surface area contributed by atoms with Crippen molar-refractivity contribution in [3.05, 3.63) is 36.0 Å². The molecular weight excluding hydrogens is 250 g/mol. The number of nitrogens with two attached hydrogens (primary N) is 1. The fourth-order valence-electron chi connectivity index (χ4n) is 1.82. The lowest BCUT2D eigenvalue weighted by molar-refractivity contribution is 0.598. The van der Waals surface area contributed by atoms with Gasteiger partial charge in [0.2, 0.25) is 10.0 Å². The molecule has 3 N–H and O–H groups in total. The molecule has 6 heteroatoms. The third-order valence-corrected chi connectivity index (χ3v) is 3.61. The fraction of sp³-hybridized carbons (Fsp3) is 0.250. The van der Waals surface area contributed by atoms with Crippen LogP contribution in [0.5, 0.6) is 0 Å². The largest absolute Gasteiger partial charge is 0.276 e. The molecule has 18 heavy (non-hydrogen) atoms. The average molecular weight is 265 g/mol. The molecule has 0 radical (unpaired) electrons. The van der Waals surface area contributed by atoms with Crippen molar-refractivity contribution >= 4 is 10.0 Å². The molecule has 2 rings (SSSR count). The highest BCUT2D eigenvalue weighted by Crippen LogP contribution is 2.24. The number of hydrogen-bond acceptors (Lipinski definition) is 3. The van der Waals surface area contributed by atoms with E-state index in [0.29, 0.717) is 5.69 Å². The minimum absolute atomic E-state index is 0.0192. The van der Waals surface area contributed by atoms with Crippen LogP contribution in [0.1, 0.15) is 18.9 Å². The molecule has 0 saturated heterocycles. The van der Waals surface area contributed by atoms with Crippen molar-refractivity contribution in [3.63, 3.8) is 0 Å². The van der Waals surface area contributed by atoms with E-state index < -0.39 is 10.0 Å². The summed E-state index contributed by atoms with van der Waals surface area (Å²) in [6.07, 6.45) is 3.31. The Bertz CT molecular complexity index is 630. The molecule has 0 aliphatic heterocycles. The van der Waals surface area contributed by atoms with Crippen molar-refractivity contribution in [1.29, 1.82) is 0 Å². The summed E-state index contributed by atoms with van der Waals surface area (Å²) in [4.78, 5) is 0.0192. The van der Waals surface area contributed by atoms with Gasteiger partial charge in [0.15, 0.2) is 0 Å². The first-order valence-corrected chi connectivity index (χ1v) is 7.22. The summed E-state index contributed by atoms with van der Waals surface area (Å²) in [6, 6.07) is 7.69. The van der Waals surface area contributed by atoms with Gasteiger partial charge in [0, 0.05) is 5.56 Å². The molecule has 0 aliphatic rings. The van der Waals surface area contributed by atoms with Gasteiger partial charge in [0.25, 0.3) is 0 Å². The Hall–Kier alpha value is -1.66. The predicted molar refractivity (Wildman–Crippen MR) is 69.4 cm³/mol. The van der Waals surface area contributed by atoms with Crippen molar-refractivity contribution in [2.24, 2.45) is 5.14 Å². The topological polar surface area (TPSA) is 88.8 Å². The molecule has 0 fully saturated rings. The Morgan fingerprint density at radius 3 is 2.50 bits per heavy atom. The van der Waals surface area contributed by atoms with Gasteiger partial charge in [-0.15, -0.1) is 0 Å². The average Bonchev–Trinajstić information content (AvgIpc) is 2.79. The van der Waals surface area contributed by atoms with E-state index in [1.54, 1.807) is 0 Å². The van der Waals surface area contributed by atoms with Gasteiger partial charge in [-0.1, -0.05) is 37.6 Å².